The van der Waals surface area contributed by atoms with E-state index in [1.807, 2.05) is 158 Å². The van der Waals surface area contributed by atoms with E-state index in [-0.39, 0.29) is 106 Å². The van der Waals surface area contributed by atoms with Crippen LogP contribution in [0.25, 0.3) is 123 Å². The largest absolute Gasteiger partial charge is 0.305 e. The predicted octanol–water partition coefficient (Wildman–Crippen LogP) is 29.6. The van der Waals surface area contributed by atoms with Crippen LogP contribution < -0.4 is 0 Å². The van der Waals surface area contributed by atoms with E-state index in [2.05, 4.69) is 351 Å². The minimum absolute atomic E-state index is 0. The van der Waals surface area contributed by atoms with Gasteiger partial charge in [0.05, 0.1) is 0 Å². The Morgan fingerprint density at radius 1 is 0.264 bits per heavy atom. The maximum Gasteiger partial charge on any atom is 0.0163 e. The van der Waals surface area contributed by atoms with Crippen molar-refractivity contribution in [1.82, 2.24) is 29.9 Å². The summed E-state index contributed by atoms with van der Waals surface area (Å²) in [6, 6.07) is 128. The van der Waals surface area contributed by atoms with Gasteiger partial charge in [-0.25, -0.2) is 0 Å². The minimum atomic E-state index is 0. The SMILES string of the molecule is CC(C)(C)c1ccnc(-c2[c-]ccc(-c3ccccc3)c2)c1.CC(C)c1cc(-c2cc[c-]c(-c3ccccn3)c2)cc(C(C)C)c1.CCc1ccnc(-c2[c-]ccc(-c3ccccc3)c2)c1.Cc1cc(C)cc(-c2cc[c-]c(-c3ccccn3)c2)c1.Cc1cc(C)cc(-c2cc[c-]c(-c3nccc(C)c3C)c2)c1.[Ir].[Ir].[Ir].[Ir].[Ir].[c-]1ccccc1-c1ccccn1. The van der Waals surface area contributed by atoms with Crippen molar-refractivity contribution < 1.29 is 101 Å². The van der Waals surface area contributed by atoms with E-state index in [0.717, 1.165) is 74.0 Å². The summed E-state index contributed by atoms with van der Waals surface area (Å²) in [5.74, 6) is 1.04. The third-order valence-corrected chi connectivity index (χ3v) is 20.6. The summed E-state index contributed by atoms with van der Waals surface area (Å²) in [6.07, 6.45) is 12.1. The van der Waals surface area contributed by atoms with Crippen LogP contribution in [-0.4, -0.2) is 29.9 Å². The maximum absolute atomic E-state index is 4.55. The monoisotopic (exact) mass is 2520 g/mol. The van der Waals surface area contributed by atoms with Crippen LogP contribution in [0.5, 0.6) is 0 Å². The topological polar surface area (TPSA) is 77.3 Å². The van der Waals surface area contributed by atoms with Gasteiger partial charge in [0, 0.05) is 138 Å². The quantitative estimate of drug-likeness (QED) is 0.101. The van der Waals surface area contributed by atoms with Gasteiger partial charge < -0.3 is 29.9 Å². The number of hydrogen-bond donors (Lipinski definition) is 0. The zero-order valence-electron chi connectivity index (χ0n) is 73.2. The van der Waals surface area contributed by atoms with Gasteiger partial charge in [-0.2, -0.15) is 0 Å². The van der Waals surface area contributed by atoms with E-state index in [0.29, 0.717) is 11.8 Å². The van der Waals surface area contributed by atoms with E-state index in [9.17, 15) is 0 Å². The molecule has 0 fully saturated rings. The number of rotatable bonds is 14. The molecule has 0 N–H and O–H groups in total. The number of hydrogen-bond acceptors (Lipinski definition) is 6. The van der Waals surface area contributed by atoms with E-state index in [1.165, 1.54) is 111 Å². The molecule has 0 saturated heterocycles. The van der Waals surface area contributed by atoms with Gasteiger partial charge in [0.1, 0.15) is 0 Å². The molecule has 0 aliphatic heterocycles. The molecule has 0 amide bonds. The van der Waals surface area contributed by atoms with Crippen LogP contribution in [0.2, 0.25) is 0 Å². The summed E-state index contributed by atoms with van der Waals surface area (Å²) >= 11 is 0. The Balaban J connectivity index is 0.000000206. The third kappa shape index (κ3) is 29.9. The first-order chi connectivity index (χ1) is 58.2. The van der Waals surface area contributed by atoms with Crippen molar-refractivity contribution in [2.45, 2.75) is 121 Å². The number of pyridine rings is 6. The van der Waals surface area contributed by atoms with Gasteiger partial charge in [-0.1, -0.05) is 258 Å². The molecule has 6 heterocycles. The van der Waals surface area contributed by atoms with Gasteiger partial charge >= 0.3 is 0 Å². The summed E-state index contributed by atoms with van der Waals surface area (Å²) in [5, 5.41) is 0. The first-order valence-corrected chi connectivity index (χ1v) is 41.3. The van der Waals surface area contributed by atoms with Crippen LogP contribution in [0.1, 0.15) is 123 Å². The Bertz CT molecular complexity index is 6040. The Morgan fingerprint density at radius 3 is 1.00 bits per heavy atom. The molecule has 0 aliphatic carbocycles. The van der Waals surface area contributed by atoms with Crippen LogP contribution >= 0.6 is 0 Å². The molecule has 0 unspecified atom stereocenters. The first kappa shape index (κ1) is 102. The standard InChI is InChI=1S/C23H24N.2C21H20N.2C19H16N.C11H8N.5Ir/c1-16(2)20-13-21(17(3)4)15-22(14-20)18-8-7-9-19(12-18)23-10-5-6-11-24-23;1-14-10-15(2)12-20(11-14)18-6-5-7-19(13-18)21-17(4)16(3)8-9-22-21;1-21(2,3)19-12-13-22-20(15-19)18-11-7-10-17(14-18)16-8-5-4-6-9-16;1-14-10-15(2)12-18(11-14)16-6-5-7-17(13-16)19-8-3-4-9-20-19;1-2-15-11-12-20-19(13-15)18-10-6-9-17(14-18)16-7-4-3-5-8-16;1-2-6-10(7-3-1)11-8-4-5-9-12-11;;;;;/h5-8,10-17H,1-4H3;5-6,8-13H,1-4H3;4-10,12-15H,1-3H3;3-6,8-13H,1-2H3;3-9,11-14H,2H2,1H3;1-6,8-9H;;;;;/q6*-1;;;;;. The molecule has 641 valence electrons. The molecule has 0 aliphatic rings. The number of nitrogens with zero attached hydrogens (tertiary/aromatic N) is 6. The second-order valence-electron chi connectivity index (χ2n) is 31.7. The second kappa shape index (κ2) is 50.6. The van der Waals surface area contributed by atoms with Crippen molar-refractivity contribution in [1.29, 1.82) is 0 Å². The predicted molar refractivity (Wildman–Crippen MR) is 503 cm³/mol. The zero-order valence-corrected chi connectivity index (χ0v) is 85.2. The van der Waals surface area contributed by atoms with E-state index < -0.39 is 0 Å². The molecule has 0 bridgehead atoms. The molecule has 6 nitrogen and oxygen atoms in total. The first-order valence-electron chi connectivity index (χ1n) is 41.3. The third-order valence-electron chi connectivity index (χ3n) is 20.6. The summed E-state index contributed by atoms with van der Waals surface area (Å²) in [5.41, 5.74) is 37.4. The Kier molecular flexibility index (Phi) is 41.2. The molecule has 6 aromatic heterocycles. The van der Waals surface area contributed by atoms with E-state index in [4.69, 9.17) is 0 Å². The molecule has 0 atom stereocenters. The Labute approximate surface area is 811 Å². The minimum Gasteiger partial charge on any atom is -0.305 e. The van der Waals surface area contributed by atoms with E-state index >= 15 is 0 Å². The average molecular weight is 2520 g/mol. The number of benzene rings is 11. The van der Waals surface area contributed by atoms with Gasteiger partial charge in [0.2, 0.25) is 0 Å². The van der Waals surface area contributed by atoms with E-state index in [1.54, 1.807) is 6.20 Å². The summed E-state index contributed by atoms with van der Waals surface area (Å²) in [6.45, 7) is 30.6. The van der Waals surface area contributed by atoms with Crippen molar-refractivity contribution in [2.75, 3.05) is 0 Å². The number of aryl methyl sites for hydroxylation is 6. The fourth-order valence-electron chi connectivity index (χ4n) is 13.9. The Hall–Kier alpha value is -10.4. The van der Waals surface area contributed by atoms with Crippen molar-refractivity contribution in [3.05, 3.63) is 445 Å². The molecule has 11 aromatic carbocycles. The summed E-state index contributed by atoms with van der Waals surface area (Å²) in [4.78, 5) is 26.6. The van der Waals surface area contributed by atoms with Crippen LogP contribution in [0, 0.1) is 77.9 Å². The van der Waals surface area contributed by atoms with Crippen molar-refractivity contribution in [3.63, 3.8) is 0 Å². The average Bonchev–Trinajstić information content (AvgIpc) is 0.823. The smallest absolute Gasteiger partial charge is 0.0163 e. The van der Waals surface area contributed by atoms with Crippen LogP contribution in [0.3, 0.4) is 0 Å². The van der Waals surface area contributed by atoms with Crippen LogP contribution in [0.4, 0.5) is 0 Å². The molecule has 0 saturated carbocycles. The fourth-order valence-corrected chi connectivity index (χ4v) is 13.9. The molecular formula is C114H104Ir5N6-6. The normalized spacial score (nSPS) is 10.3. The van der Waals surface area contributed by atoms with Gasteiger partial charge in [0.25, 0.3) is 0 Å². The summed E-state index contributed by atoms with van der Waals surface area (Å²) in [7, 11) is 0. The molecule has 0 spiro atoms. The maximum atomic E-state index is 4.55. The summed E-state index contributed by atoms with van der Waals surface area (Å²) < 4.78 is 0. The van der Waals surface area contributed by atoms with Crippen molar-refractivity contribution in [3.8, 4) is 123 Å². The molecular weight excluding hydrogens is 2410 g/mol. The Morgan fingerprint density at radius 2 is 0.608 bits per heavy atom. The van der Waals surface area contributed by atoms with Crippen molar-refractivity contribution in [2.24, 2.45) is 0 Å². The second-order valence-corrected chi connectivity index (χ2v) is 31.7. The molecule has 125 heavy (non-hydrogen) atoms. The fraction of sp³-hybridized carbons (Fsp3) is 0.158. The van der Waals surface area contributed by atoms with Gasteiger partial charge in [-0.3, -0.25) is 0 Å². The molecule has 5 radical (unpaired) electrons. The molecule has 11 heteroatoms. The molecule has 17 aromatic rings. The zero-order chi connectivity index (χ0) is 84.3. The molecule has 17 rings (SSSR count). The van der Waals surface area contributed by atoms with Crippen molar-refractivity contribution >= 4 is 0 Å². The van der Waals surface area contributed by atoms with Gasteiger partial charge in [-0.05, 0) is 180 Å². The van der Waals surface area contributed by atoms with Crippen LogP contribution in [-0.2, 0) is 112 Å². The van der Waals surface area contributed by atoms with Crippen LogP contribution in [0.15, 0.2) is 353 Å². The van der Waals surface area contributed by atoms with Gasteiger partial charge in [0.15, 0.2) is 0 Å². The number of aromatic nitrogens is 6. The van der Waals surface area contributed by atoms with Gasteiger partial charge in [-0.15, -0.1) is 213 Å².